The van der Waals surface area contributed by atoms with Crippen molar-refractivity contribution in [2.75, 3.05) is 24.5 Å². The fourth-order valence-electron chi connectivity index (χ4n) is 4.97. The van der Waals surface area contributed by atoms with Gasteiger partial charge >= 0.3 is 0 Å². The minimum absolute atomic E-state index is 0.0364. The SMILES string of the molecule is Cc1ccc(N2CC(c3nc4ccccc4n3CC(=O)N3CCCCC3)CC2=O)cc1C. The van der Waals surface area contributed by atoms with Gasteiger partial charge in [0.15, 0.2) is 0 Å². The molecule has 0 N–H and O–H groups in total. The van der Waals surface area contributed by atoms with Gasteiger partial charge in [-0.1, -0.05) is 18.2 Å². The number of carbonyl (C=O) groups is 2. The number of rotatable bonds is 4. The first-order chi connectivity index (χ1) is 15.5. The molecule has 0 bridgehead atoms. The summed E-state index contributed by atoms with van der Waals surface area (Å²) in [4.78, 5) is 34.8. The molecule has 6 nitrogen and oxygen atoms in total. The molecule has 32 heavy (non-hydrogen) atoms. The Bertz CT molecular complexity index is 1180. The van der Waals surface area contributed by atoms with Gasteiger partial charge in [-0.25, -0.2) is 4.98 Å². The average molecular weight is 431 g/mol. The Labute approximate surface area is 188 Å². The number of fused-ring (bicyclic) bond motifs is 1. The van der Waals surface area contributed by atoms with E-state index in [1.54, 1.807) is 0 Å². The van der Waals surface area contributed by atoms with Crippen molar-refractivity contribution in [3.8, 4) is 0 Å². The molecular formula is C26H30N4O2. The van der Waals surface area contributed by atoms with Gasteiger partial charge in [0.05, 0.1) is 11.0 Å². The van der Waals surface area contributed by atoms with Gasteiger partial charge in [0.25, 0.3) is 0 Å². The van der Waals surface area contributed by atoms with Crippen molar-refractivity contribution in [2.24, 2.45) is 0 Å². The zero-order valence-electron chi connectivity index (χ0n) is 18.9. The molecule has 2 fully saturated rings. The van der Waals surface area contributed by atoms with Crippen molar-refractivity contribution in [2.45, 2.75) is 52.0 Å². The lowest BCUT2D eigenvalue weighted by Crippen LogP contribution is -2.38. The first kappa shape index (κ1) is 20.7. The molecule has 2 aliphatic heterocycles. The highest BCUT2D eigenvalue weighted by molar-refractivity contribution is 5.96. The monoisotopic (exact) mass is 430 g/mol. The van der Waals surface area contributed by atoms with E-state index in [4.69, 9.17) is 4.98 Å². The molecule has 3 heterocycles. The fraction of sp³-hybridized carbons (Fsp3) is 0.423. The molecule has 0 spiro atoms. The Morgan fingerprint density at radius 3 is 2.59 bits per heavy atom. The van der Waals surface area contributed by atoms with Crippen molar-refractivity contribution in [1.29, 1.82) is 0 Å². The van der Waals surface area contributed by atoms with Crippen LogP contribution in [0.3, 0.4) is 0 Å². The molecule has 5 rings (SSSR count). The van der Waals surface area contributed by atoms with Gasteiger partial charge in [0, 0.05) is 37.7 Å². The van der Waals surface area contributed by atoms with Crippen LogP contribution < -0.4 is 4.90 Å². The number of anilines is 1. The van der Waals surface area contributed by atoms with Crippen LogP contribution in [0, 0.1) is 13.8 Å². The van der Waals surface area contributed by atoms with Crippen molar-refractivity contribution >= 4 is 28.5 Å². The number of aromatic nitrogens is 2. The van der Waals surface area contributed by atoms with Crippen molar-refractivity contribution in [3.63, 3.8) is 0 Å². The minimum Gasteiger partial charge on any atom is -0.341 e. The van der Waals surface area contributed by atoms with Crippen molar-refractivity contribution < 1.29 is 9.59 Å². The molecule has 0 aliphatic carbocycles. The van der Waals surface area contributed by atoms with Gasteiger partial charge in [-0.05, 0) is 68.5 Å². The number of piperidine rings is 1. The third-order valence-electron chi connectivity index (χ3n) is 6.98. The largest absolute Gasteiger partial charge is 0.341 e. The van der Waals surface area contributed by atoms with Gasteiger partial charge in [-0.3, -0.25) is 9.59 Å². The van der Waals surface area contributed by atoms with E-state index in [9.17, 15) is 9.59 Å². The minimum atomic E-state index is -0.0364. The molecule has 2 aliphatic rings. The van der Waals surface area contributed by atoms with Gasteiger partial charge in [0.2, 0.25) is 11.8 Å². The maximum Gasteiger partial charge on any atom is 0.242 e. The number of aryl methyl sites for hydroxylation is 2. The first-order valence-electron chi connectivity index (χ1n) is 11.6. The zero-order chi connectivity index (χ0) is 22.2. The maximum atomic E-state index is 13.1. The molecular weight excluding hydrogens is 400 g/mol. The number of nitrogens with zero attached hydrogens (tertiary/aromatic N) is 4. The van der Waals surface area contributed by atoms with E-state index in [1.807, 2.05) is 44.7 Å². The summed E-state index contributed by atoms with van der Waals surface area (Å²) in [6, 6.07) is 14.1. The van der Waals surface area contributed by atoms with Crippen LogP contribution in [0.2, 0.25) is 0 Å². The predicted octanol–water partition coefficient (Wildman–Crippen LogP) is 4.19. The smallest absolute Gasteiger partial charge is 0.242 e. The molecule has 1 atom stereocenters. The molecule has 2 amide bonds. The van der Waals surface area contributed by atoms with Crippen LogP contribution in [0.5, 0.6) is 0 Å². The van der Waals surface area contributed by atoms with E-state index in [-0.39, 0.29) is 24.3 Å². The van der Waals surface area contributed by atoms with Gasteiger partial charge in [-0.2, -0.15) is 0 Å². The summed E-state index contributed by atoms with van der Waals surface area (Å²) in [6.45, 7) is 6.69. The number of carbonyl (C=O) groups excluding carboxylic acids is 2. The Morgan fingerprint density at radius 2 is 1.81 bits per heavy atom. The maximum absolute atomic E-state index is 13.1. The molecule has 166 valence electrons. The second-order valence-corrected chi connectivity index (χ2v) is 9.16. The van der Waals surface area contributed by atoms with Crippen LogP contribution in [0.4, 0.5) is 5.69 Å². The van der Waals surface area contributed by atoms with Crippen LogP contribution >= 0.6 is 0 Å². The van der Waals surface area contributed by atoms with E-state index in [2.05, 4.69) is 26.0 Å². The highest BCUT2D eigenvalue weighted by Crippen LogP contribution is 2.34. The van der Waals surface area contributed by atoms with E-state index in [1.165, 1.54) is 17.5 Å². The second-order valence-electron chi connectivity index (χ2n) is 9.16. The Hall–Kier alpha value is -3.15. The van der Waals surface area contributed by atoms with Crippen LogP contribution in [-0.4, -0.2) is 45.9 Å². The lowest BCUT2D eigenvalue weighted by Gasteiger charge is -2.27. The van der Waals surface area contributed by atoms with Gasteiger partial charge < -0.3 is 14.4 Å². The lowest BCUT2D eigenvalue weighted by molar-refractivity contribution is -0.132. The summed E-state index contributed by atoms with van der Waals surface area (Å²) in [5.74, 6) is 1.06. The molecule has 6 heteroatoms. The third kappa shape index (κ3) is 3.78. The standard InChI is InChI=1S/C26H30N4O2/c1-18-10-11-21(14-19(18)2)29-16-20(15-24(29)31)26-27-22-8-4-5-9-23(22)30(26)17-25(32)28-12-6-3-7-13-28/h4-5,8-11,14,20H,3,6-7,12-13,15-17H2,1-2H3. The lowest BCUT2D eigenvalue weighted by atomic mass is 10.1. The van der Waals surface area contributed by atoms with Gasteiger partial charge in [-0.15, -0.1) is 0 Å². The Kier molecular flexibility index (Phi) is 5.45. The van der Waals surface area contributed by atoms with E-state index >= 15 is 0 Å². The number of imidazole rings is 1. The molecule has 2 saturated heterocycles. The summed E-state index contributed by atoms with van der Waals surface area (Å²) in [6.07, 6.45) is 3.76. The number of hydrogen-bond acceptors (Lipinski definition) is 3. The number of benzene rings is 2. The fourth-order valence-corrected chi connectivity index (χ4v) is 4.97. The Balaban J connectivity index is 1.46. The molecule has 0 radical (unpaired) electrons. The van der Waals surface area contributed by atoms with E-state index < -0.39 is 0 Å². The van der Waals surface area contributed by atoms with Crippen LogP contribution in [0.1, 0.15) is 48.6 Å². The van der Waals surface area contributed by atoms with E-state index in [0.29, 0.717) is 13.0 Å². The molecule has 3 aromatic rings. The van der Waals surface area contributed by atoms with Crippen LogP contribution in [0.15, 0.2) is 42.5 Å². The second kappa shape index (κ2) is 8.41. The Morgan fingerprint density at radius 1 is 1.03 bits per heavy atom. The third-order valence-corrected chi connectivity index (χ3v) is 6.98. The zero-order valence-corrected chi connectivity index (χ0v) is 18.9. The highest BCUT2D eigenvalue weighted by atomic mass is 16.2. The van der Waals surface area contributed by atoms with Crippen molar-refractivity contribution in [3.05, 3.63) is 59.4 Å². The van der Waals surface area contributed by atoms with Crippen LogP contribution in [0.25, 0.3) is 11.0 Å². The summed E-state index contributed by atoms with van der Waals surface area (Å²) in [5.41, 5.74) is 5.18. The normalized spacial score (nSPS) is 19.2. The number of likely N-dealkylation sites (tertiary alicyclic amines) is 1. The predicted molar refractivity (Wildman–Crippen MR) is 126 cm³/mol. The quantitative estimate of drug-likeness (QED) is 0.624. The summed E-state index contributed by atoms with van der Waals surface area (Å²) < 4.78 is 2.05. The number of para-hydroxylation sites is 2. The van der Waals surface area contributed by atoms with Crippen LogP contribution in [-0.2, 0) is 16.1 Å². The summed E-state index contributed by atoms with van der Waals surface area (Å²) in [7, 11) is 0. The molecule has 0 saturated carbocycles. The summed E-state index contributed by atoms with van der Waals surface area (Å²) in [5, 5.41) is 0. The molecule has 1 unspecified atom stereocenters. The van der Waals surface area contributed by atoms with Crippen molar-refractivity contribution in [1.82, 2.24) is 14.5 Å². The van der Waals surface area contributed by atoms with Gasteiger partial charge in [0.1, 0.15) is 12.4 Å². The number of hydrogen-bond donors (Lipinski definition) is 0. The molecule has 2 aromatic carbocycles. The highest BCUT2D eigenvalue weighted by Gasteiger charge is 2.35. The van der Waals surface area contributed by atoms with E-state index in [0.717, 1.165) is 48.5 Å². The molecule has 1 aromatic heterocycles. The summed E-state index contributed by atoms with van der Waals surface area (Å²) >= 11 is 0. The topological polar surface area (TPSA) is 58.4 Å². The average Bonchev–Trinajstić information content (AvgIpc) is 3.37. The first-order valence-corrected chi connectivity index (χ1v) is 11.6. The number of amides is 2.